The second kappa shape index (κ2) is 17.8. The van der Waals surface area contributed by atoms with Crippen molar-refractivity contribution in [3.63, 3.8) is 0 Å². The molecule has 2 fully saturated rings. The lowest BCUT2D eigenvalue weighted by atomic mass is 9.49. The van der Waals surface area contributed by atoms with Crippen molar-refractivity contribution in [1.29, 1.82) is 0 Å². The van der Waals surface area contributed by atoms with Gasteiger partial charge in [-0.15, -0.1) is 0 Å². The van der Waals surface area contributed by atoms with Crippen molar-refractivity contribution in [3.05, 3.63) is 163 Å². The smallest absolute Gasteiger partial charge is 0.405 e. The van der Waals surface area contributed by atoms with Gasteiger partial charge in [0.2, 0.25) is 0 Å². The summed E-state index contributed by atoms with van der Waals surface area (Å²) in [6.45, 7) is 18.3. The van der Waals surface area contributed by atoms with E-state index in [0.29, 0.717) is 0 Å². The van der Waals surface area contributed by atoms with Gasteiger partial charge in [0.25, 0.3) is 0 Å². The third-order valence-electron chi connectivity index (χ3n) is 13.3. The standard InChI is InChI=1S/C21H13F3O3S.C21H16.C12H24B2O4/c22-21(23,24)28(25,26)27-16-11-9-14(10-12-16)20-13-15-5-1-2-6-17(15)18-7-3-4-8-19(18)20;1-15-10-12-16(13-11-15)21-14-17-6-2-3-7-18(17)19-8-4-5-9-20(19)21;1-9(2)10(3,4)16-13(15-9)14-17-11(5,6)12(7,8)18-14/h1-13H;2-14H,1H3;1-8H3. The van der Waals surface area contributed by atoms with Crippen molar-refractivity contribution in [1.82, 2.24) is 0 Å². The number of fused-ring (bicyclic) bond motifs is 6. The molecule has 0 amide bonds. The lowest BCUT2D eigenvalue weighted by Gasteiger charge is -2.32. The molecule has 0 saturated carbocycles. The summed E-state index contributed by atoms with van der Waals surface area (Å²) in [6.07, 6.45) is 0. The van der Waals surface area contributed by atoms with Crippen LogP contribution in [-0.2, 0) is 28.7 Å². The van der Waals surface area contributed by atoms with Gasteiger partial charge in [-0.25, -0.2) is 0 Å². The van der Waals surface area contributed by atoms with Crippen molar-refractivity contribution in [2.24, 2.45) is 0 Å². The summed E-state index contributed by atoms with van der Waals surface area (Å²) in [6, 6.07) is 51.6. The molecule has 0 spiro atoms. The van der Waals surface area contributed by atoms with Gasteiger partial charge in [0.1, 0.15) is 5.75 Å². The summed E-state index contributed by atoms with van der Waals surface area (Å²) in [7, 11) is -6.64. The molecule has 0 radical (unpaired) electrons. The molecule has 0 bridgehead atoms. The number of aryl methyl sites for hydroxylation is 1. The Kier molecular flexibility index (Phi) is 12.7. The molecule has 2 heterocycles. The molecule has 0 N–H and O–H groups in total. The Bertz CT molecular complexity index is 3140. The second-order valence-corrected chi connectivity index (χ2v) is 20.5. The number of alkyl halides is 3. The molecular weight excluding hydrogens is 871 g/mol. The van der Waals surface area contributed by atoms with E-state index < -0.39 is 35.4 Å². The fourth-order valence-corrected chi connectivity index (χ4v) is 8.64. The average Bonchev–Trinajstić information content (AvgIpc) is 3.65. The molecule has 67 heavy (non-hydrogen) atoms. The number of hydrogen-bond acceptors (Lipinski definition) is 7. The van der Waals surface area contributed by atoms with Crippen molar-refractivity contribution >= 4 is 67.2 Å². The Morgan fingerprint density at radius 3 is 1.12 bits per heavy atom. The first kappa shape index (κ1) is 47.8. The SMILES string of the molecule is CC1(C)OB(B2OC(C)(C)C(C)(C)O2)OC1(C)C.Cc1ccc(-c2cc3ccccc3c3ccccc23)cc1.O=S(=O)(Oc1ccc(-c2cc3ccccc3c3ccccc23)cc1)C(F)(F)F. The summed E-state index contributed by atoms with van der Waals surface area (Å²) in [4.78, 5) is 0. The molecule has 13 heteroatoms. The van der Waals surface area contributed by atoms with E-state index in [9.17, 15) is 21.6 Å². The lowest BCUT2D eigenvalue weighted by Crippen LogP contribution is -2.41. The van der Waals surface area contributed by atoms with E-state index in [1.807, 2.05) is 110 Å². The van der Waals surface area contributed by atoms with E-state index in [4.69, 9.17) is 18.6 Å². The van der Waals surface area contributed by atoms with E-state index in [1.54, 1.807) is 0 Å². The Hall–Kier alpha value is -5.69. The molecule has 7 nitrogen and oxygen atoms in total. The zero-order chi connectivity index (χ0) is 48.2. The van der Waals surface area contributed by atoms with E-state index >= 15 is 0 Å². The van der Waals surface area contributed by atoms with Crippen LogP contribution in [0.1, 0.15) is 61.0 Å². The third-order valence-corrected chi connectivity index (χ3v) is 14.3. The summed E-state index contributed by atoms with van der Waals surface area (Å²) in [5.41, 5.74) is -1.40. The summed E-state index contributed by atoms with van der Waals surface area (Å²) in [5.74, 6) is -0.397. The molecule has 0 aliphatic carbocycles. The highest BCUT2D eigenvalue weighted by atomic mass is 32.2. The largest absolute Gasteiger partial charge is 0.534 e. The van der Waals surface area contributed by atoms with Crippen LogP contribution in [0.15, 0.2) is 158 Å². The van der Waals surface area contributed by atoms with Crippen LogP contribution in [0, 0.1) is 6.92 Å². The monoisotopic (exact) mass is 924 g/mol. The molecule has 10 rings (SSSR count). The molecule has 0 unspecified atom stereocenters. The Labute approximate surface area is 391 Å². The highest BCUT2D eigenvalue weighted by Gasteiger charge is 2.63. The minimum atomic E-state index is -5.69. The van der Waals surface area contributed by atoms with Gasteiger partial charge in [0.05, 0.1) is 22.4 Å². The van der Waals surface area contributed by atoms with E-state index in [0.717, 1.165) is 32.7 Å². The minimum absolute atomic E-state index is 0.360. The zero-order valence-corrected chi connectivity index (χ0v) is 39.9. The molecule has 0 aromatic heterocycles. The van der Waals surface area contributed by atoms with Gasteiger partial charge < -0.3 is 22.8 Å². The first-order chi connectivity index (χ1) is 31.5. The van der Waals surface area contributed by atoms with Gasteiger partial charge in [0, 0.05) is 0 Å². The molecule has 8 aromatic carbocycles. The van der Waals surface area contributed by atoms with Crippen LogP contribution in [0.2, 0.25) is 0 Å². The summed E-state index contributed by atoms with van der Waals surface area (Å²) >= 11 is 0. The van der Waals surface area contributed by atoms with Gasteiger partial charge >= 0.3 is 29.6 Å². The molecule has 344 valence electrons. The molecule has 2 saturated heterocycles. The number of rotatable bonds is 5. The summed E-state index contributed by atoms with van der Waals surface area (Å²) in [5, 5.41) is 9.42. The quantitative estimate of drug-likeness (QED) is 0.0736. The van der Waals surface area contributed by atoms with Crippen LogP contribution in [0.5, 0.6) is 5.75 Å². The first-order valence-corrected chi connectivity index (χ1v) is 23.6. The van der Waals surface area contributed by atoms with Crippen LogP contribution in [0.4, 0.5) is 13.2 Å². The average molecular weight is 925 g/mol. The Balaban J connectivity index is 0.000000140. The van der Waals surface area contributed by atoms with Crippen molar-refractivity contribution in [2.45, 2.75) is 90.2 Å². The van der Waals surface area contributed by atoms with Crippen LogP contribution >= 0.6 is 0 Å². The number of halogens is 3. The van der Waals surface area contributed by atoms with Gasteiger partial charge in [-0.05, 0) is 152 Å². The van der Waals surface area contributed by atoms with E-state index in [1.165, 1.54) is 62.5 Å². The maximum Gasteiger partial charge on any atom is 0.534 e. The van der Waals surface area contributed by atoms with Crippen LogP contribution in [-0.4, -0.2) is 50.3 Å². The fraction of sp³-hybridized carbons (Fsp3) is 0.259. The lowest BCUT2D eigenvalue weighted by molar-refractivity contribution is -0.0500. The second-order valence-electron chi connectivity index (χ2n) is 19.0. The predicted octanol–water partition coefficient (Wildman–Crippen LogP) is 14.1. The van der Waals surface area contributed by atoms with Crippen molar-refractivity contribution in [3.8, 4) is 28.0 Å². The topological polar surface area (TPSA) is 80.3 Å². The summed E-state index contributed by atoms with van der Waals surface area (Å²) < 4.78 is 87.7. The molecular formula is C54H53B2F3O7S. The van der Waals surface area contributed by atoms with E-state index in [2.05, 4.69) is 90.0 Å². The minimum Gasteiger partial charge on any atom is -0.405 e. The maximum atomic E-state index is 12.5. The van der Waals surface area contributed by atoms with Crippen molar-refractivity contribution in [2.75, 3.05) is 0 Å². The Morgan fingerprint density at radius 2 is 0.761 bits per heavy atom. The zero-order valence-electron chi connectivity index (χ0n) is 39.1. The van der Waals surface area contributed by atoms with Gasteiger partial charge in [-0.1, -0.05) is 139 Å². The molecule has 0 atom stereocenters. The predicted molar refractivity (Wildman–Crippen MR) is 266 cm³/mol. The highest BCUT2D eigenvalue weighted by Crippen LogP contribution is 2.43. The van der Waals surface area contributed by atoms with Gasteiger partial charge in [-0.2, -0.15) is 21.6 Å². The fourth-order valence-electron chi connectivity index (χ4n) is 8.18. The van der Waals surface area contributed by atoms with E-state index in [-0.39, 0.29) is 22.4 Å². The van der Waals surface area contributed by atoms with Crippen LogP contribution in [0.3, 0.4) is 0 Å². The molecule has 2 aliphatic heterocycles. The normalized spacial score (nSPS) is 17.3. The van der Waals surface area contributed by atoms with Crippen LogP contribution < -0.4 is 4.18 Å². The highest BCUT2D eigenvalue weighted by molar-refractivity contribution is 7.88. The molecule has 8 aromatic rings. The maximum absolute atomic E-state index is 12.5. The van der Waals surface area contributed by atoms with Crippen LogP contribution in [0.25, 0.3) is 65.3 Å². The molecule has 2 aliphatic rings. The van der Waals surface area contributed by atoms with Gasteiger partial charge in [-0.3, -0.25) is 0 Å². The number of benzene rings is 8. The van der Waals surface area contributed by atoms with Crippen molar-refractivity contribution < 1.29 is 44.4 Å². The van der Waals surface area contributed by atoms with Gasteiger partial charge in [0.15, 0.2) is 0 Å². The number of hydrogen-bond donors (Lipinski definition) is 0. The Morgan fingerprint density at radius 1 is 0.448 bits per heavy atom. The first-order valence-electron chi connectivity index (χ1n) is 22.2. The third kappa shape index (κ3) is 9.58.